The van der Waals surface area contributed by atoms with Crippen LogP contribution in [0.15, 0.2) is 21.9 Å². The third-order valence-corrected chi connectivity index (χ3v) is 7.76. The Hall–Kier alpha value is -1.34. The second-order valence-corrected chi connectivity index (χ2v) is 10.7. The fourth-order valence-electron chi connectivity index (χ4n) is 3.34. The quantitative estimate of drug-likeness (QED) is 0.151. The number of nitrogens with zero attached hydrogens (tertiary/aromatic N) is 1. The van der Waals surface area contributed by atoms with E-state index in [1.807, 2.05) is 4.98 Å². The van der Waals surface area contributed by atoms with Crippen LogP contribution in [0, 0.1) is 0 Å². The first-order valence-corrected chi connectivity index (χ1v) is 12.9. The highest BCUT2D eigenvalue weighted by molar-refractivity contribution is 7.60. The summed E-state index contributed by atoms with van der Waals surface area (Å²) in [5.74, 6) is 0. The van der Waals surface area contributed by atoms with Gasteiger partial charge in [0.15, 0.2) is 12.5 Å². The smallest absolute Gasteiger partial charge is 0.478 e. The van der Waals surface area contributed by atoms with Crippen LogP contribution in [0.5, 0.6) is 0 Å². The van der Waals surface area contributed by atoms with Crippen LogP contribution in [0.25, 0.3) is 0 Å². The number of nitrogens with two attached hydrogens (primary N) is 1. The van der Waals surface area contributed by atoms with Crippen molar-refractivity contribution in [1.29, 1.82) is 0 Å². The molecule has 35 heavy (non-hydrogen) atoms. The first kappa shape index (κ1) is 28.2. The number of nitrogens with one attached hydrogen (secondary N) is 1. The normalized spacial score (nSPS) is 39.1. The van der Waals surface area contributed by atoms with E-state index in [0.717, 1.165) is 16.8 Å². The van der Waals surface area contributed by atoms with Gasteiger partial charge in [-0.3, -0.25) is 28.0 Å². The lowest BCUT2D eigenvalue weighted by molar-refractivity contribution is -0.278. The molecule has 3 rings (SSSR count). The predicted octanol–water partition coefficient (Wildman–Crippen LogP) is -4.43. The van der Waals surface area contributed by atoms with E-state index in [2.05, 4.69) is 13.4 Å². The molecular weight excluding hydrogens is 524 g/mol. The van der Waals surface area contributed by atoms with Crippen molar-refractivity contribution in [2.75, 3.05) is 6.61 Å². The summed E-state index contributed by atoms with van der Waals surface area (Å²) in [6.45, 7) is 0.302. The molecule has 2 fully saturated rings. The van der Waals surface area contributed by atoms with Gasteiger partial charge >= 0.3 is 13.5 Å². The molecule has 18 nitrogen and oxygen atoms in total. The number of aliphatic hydroxyl groups is 4. The summed E-state index contributed by atoms with van der Waals surface area (Å²) in [7, 11) is -11.2. The number of hydrogen-bond donors (Lipinski definition) is 7. The number of aromatic nitrogens is 2. The van der Waals surface area contributed by atoms with E-state index in [-0.39, 0.29) is 0 Å². The zero-order valence-electron chi connectivity index (χ0n) is 17.8. The number of H-pyrrole nitrogens is 1. The van der Waals surface area contributed by atoms with Gasteiger partial charge in [-0.15, -0.1) is 0 Å². The van der Waals surface area contributed by atoms with E-state index >= 15 is 0 Å². The predicted molar refractivity (Wildman–Crippen MR) is 107 cm³/mol. The van der Waals surface area contributed by atoms with Gasteiger partial charge in [0.1, 0.15) is 24.4 Å². The maximum Gasteiger partial charge on any atom is 0.478 e. The molecular formula is C15H24N3O15P2-. The second-order valence-electron chi connectivity index (χ2n) is 7.73. The Morgan fingerprint density at radius 1 is 1.14 bits per heavy atom. The Labute approximate surface area is 195 Å². The third kappa shape index (κ3) is 6.51. The number of ether oxygens (including phenoxy) is 2. The van der Waals surface area contributed by atoms with Gasteiger partial charge in [-0.05, 0) is 6.92 Å². The Balaban J connectivity index is 1.61. The van der Waals surface area contributed by atoms with Gasteiger partial charge in [0.2, 0.25) is 0 Å². The molecule has 200 valence electrons. The van der Waals surface area contributed by atoms with Gasteiger partial charge < -0.3 is 45.4 Å². The first-order chi connectivity index (χ1) is 16.1. The summed E-state index contributed by atoms with van der Waals surface area (Å²) in [6.07, 6.45) is -11.8. The van der Waals surface area contributed by atoms with Crippen LogP contribution in [-0.2, 0) is 32.0 Å². The molecule has 2 aliphatic rings. The minimum atomic E-state index is -5.69. The van der Waals surface area contributed by atoms with Crippen LogP contribution < -0.4 is 21.9 Å². The summed E-state index contributed by atoms with van der Waals surface area (Å²) in [6, 6.07) is -0.424. The Morgan fingerprint density at radius 3 is 2.43 bits per heavy atom. The van der Waals surface area contributed by atoms with Crippen molar-refractivity contribution in [2.45, 2.75) is 62.1 Å². The lowest BCUT2D eigenvalue weighted by Crippen LogP contribution is -2.61. The van der Waals surface area contributed by atoms with Crippen molar-refractivity contribution in [1.82, 2.24) is 9.55 Å². The average molecular weight is 548 g/mol. The minimum Gasteiger partial charge on any atom is -0.756 e. The van der Waals surface area contributed by atoms with Gasteiger partial charge in [-0.25, -0.2) is 13.7 Å². The molecule has 3 heterocycles. The molecule has 0 aromatic carbocycles. The summed E-state index contributed by atoms with van der Waals surface area (Å²) >= 11 is 0. The van der Waals surface area contributed by atoms with Gasteiger partial charge in [0, 0.05) is 12.3 Å². The fraction of sp³-hybridized carbons (Fsp3) is 0.733. The molecule has 0 bridgehead atoms. The van der Waals surface area contributed by atoms with Crippen LogP contribution in [0.4, 0.5) is 0 Å². The highest BCUT2D eigenvalue weighted by Gasteiger charge is 2.46. The van der Waals surface area contributed by atoms with Crippen molar-refractivity contribution < 1.29 is 62.2 Å². The maximum atomic E-state index is 12.1. The molecule has 11 unspecified atom stereocenters. The molecule has 1 aromatic rings. The minimum absolute atomic E-state index is 0.736. The number of aromatic amines is 1. The van der Waals surface area contributed by atoms with E-state index in [1.54, 1.807) is 0 Å². The van der Waals surface area contributed by atoms with E-state index in [1.165, 1.54) is 6.92 Å². The molecule has 0 amide bonds. The van der Waals surface area contributed by atoms with Gasteiger partial charge in [0.25, 0.3) is 13.4 Å². The molecule has 0 radical (unpaired) electrons. The molecule has 20 heteroatoms. The van der Waals surface area contributed by atoms with Gasteiger partial charge in [0.05, 0.1) is 24.9 Å². The van der Waals surface area contributed by atoms with Crippen LogP contribution in [0.3, 0.4) is 0 Å². The number of rotatable bonds is 8. The lowest BCUT2D eigenvalue weighted by Gasteiger charge is -2.41. The van der Waals surface area contributed by atoms with E-state index in [9.17, 15) is 48.9 Å². The topological polar surface area (TPSA) is 285 Å². The van der Waals surface area contributed by atoms with Gasteiger partial charge in [-0.1, -0.05) is 0 Å². The maximum absolute atomic E-state index is 12.1. The molecule has 2 aliphatic heterocycles. The average Bonchev–Trinajstić information content (AvgIpc) is 3.02. The number of aliphatic hydroxyl groups excluding tert-OH is 4. The fourth-order valence-corrected chi connectivity index (χ4v) is 5.46. The molecule has 0 saturated carbocycles. The number of phosphoric ester groups is 2. The molecule has 0 spiro atoms. The summed E-state index contributed by atoms with van der Waals surface area (Å²) < 4.78 is 48.1. The summed E-state index contributed by atoms with van der Waals surface area (Å²) in [4.78, 5) is 46.8. The molecule has 2 saturated heterocycles. The molecule has 8 N–H and O–H groups in total. The van der Waals surface area contributed by atoms with Crippen LogP contribution in [0.2, 0.25) is 0 Å². The van der Waals surface area contributed by atoms with Crippen LogP contribution in [0.1, 0.15) is 13.2 Å². The van der Waals surface area contributed by atoms with Crippen LogP contribution in [-0.4, -0.2) is 90.4 Å². The van der Waals surface area contributed by atoms with E-state index < -0.39 is 88.7 Å². The molecule has 1 aromatic heterocycles. The van der Waals surface area contributed by atoms with Crippen molar-refractivity contribution in [3.05, 3.63) is 33.1 Å². The summed E-state index contributed by atoms with van der Waals surface area (Å²) in [5.41, 5.74) is 3.82. The standard InChI is InChI=1S/C15H25N3O15P2/c1-5-9(20)8(16)11(22)14(30-5)32-35(27,28)33-34(25,26)29-4-6-10(21)12(23)13(31-6)18-3-2-7(19)17-15(18)24/h2-3,5-6,8-14,20-23H,4,16H2,1H3,(H,25,26)(H,27,28)(H,17,19,24)/p-1. The Bertz CT molecular complexity index is 1110. The molecule has 0 aliphatic carbocycles. The number of hydrogen-bond acceptors (Lipinski definition) is 15. The SMILES string of the molecule is CC1OC(OP(=O)([O-])OP(=O)(O)OCC2OC(n3ccc(=O)[nH]c3=O)C(O)C2O)C(O)C(N)C1O. The molecule has 11 atom stereocenters. The van der Waals surface area contributed by atoms with Crippen LogP contribution >= 0.6 is 15.6 Å². The van der Waals surface area contributed by atoms with Crippen molar-refractivity contribution in [3.8, 4) is 0 Å². The van der Waals surface area contributed by atoms with Crippen molar-refractivity contribution in [2.24, 2.45) is 5.73 Å². The second kappa shape index (κ2) is 10.6. The Kier molecular flexibility index (Phi) is 8.52. The lowest BCUT2D eigenvalue weighted by atomic mass is 9.98. The monoisotopic (exact) mass is 548 g/mol. The largest absolute Gasteiger partial charge is 0.756 e. The zero-order chi connectivity index (χ0) is 26.3. The third-order valence-electron chi connectivity index (χ3n) is 5.20. The Morgan fingerprint density at radius 2 is 1.80 bits per heavy atom. The van der Waals surface area contributed by atoms with E-state index in [0.29, 0.717) is 0 Å². The zero-order valence-corrected chi connectivity index (χ0v) is 19.6. The first-order valence-electron chi connectivity index (χ1n) is 9.90. The van der Waals surface area contributed by atoms with Crippen molar-refractivity contribution >= 4 is 15.6 Å². The van der Waals surface area contributed by atoms with Gasteiger partial charge in [-0.2, -0.15) is 0 Å². The highest BCUT2D eigenvalue weighted by atomic mass is 31.3. The summed E-state index contributed by atoms with van der Waals surface area (Å²) in [5, 5.41) is 39.9. The number of phosphoric acid groups is 2. The highest BCUT2D eigenvalue weighted by Crippen LogP contribution is 2.59. The van der Waals surface area contributed by atoms with Crippen molar-refractivity contribution in [3.63, 3.8) is 0 Å². The van der Waals surface area contributed by atoms with E-state index in [4.69, 9.17) is 15.2 Å².